The molecule has 0 radical (unpaired) electrons. The van der Waals surface area contributed by atoms with Gasteiger partial charge in [-0.3, -0.25) is 4.79 Å². The second-order valence-electron chi connectivity index (χ2n) is 9.74. The van der Waals surface area contributed by atoms with Crippen molar-refractivity contribution in [2.45, 2.75) is 70.2 Å². The van der Waals surface area contributed by atoms with Crippen molar-refractivity contribution in [2.75, 3.05) is 18.9 Å². The molecule has 168 valence electrons. The number of anilines is 1. The second-order valence-corrected chi connectivity index (χ2v) is 9.74. The molecule has 1 aromatic rings. The third kappa shape index (κ3) is 3.11. The summed E-state index contributed by atoms with van der Waals surface area (Å²) in [5, 5.41) is 12.0. The Morgan fingerprint density at radius 1 is 1.19 bits per heavy atom. The summed E-state index contributed by atoms with van der Waals surface area (Å²) in [6, 6.07) is -2.83. The lowest BCUT2D eigenvalue weighted by atomic mass is 9.51. The highest BCUT2D eigenvalue weighted by Crippen LogP contribution is 2.66. The number of carbonyl (C=O) groups is 1. The fourth-order valence-electron chi connectivity index (χ4n) is 6.83. The van der Waals surface area contributed by atoms with Crippen molar-refractivity contribution >= 4 is 11.5 Å². The summed E-state index contributed by atoms with van der Waals surface area (Å²) in [6.07, 6.45) is 4.29. The molecule has 3 heteroatoms. The molecule has 0 unspecified atom stereocenters. The van der Waals surface area contributed by atoms with E-state index in [0.717, 1.165) is 16.7 Å². The number of carbonyl (C=O) groups excluding carboxylic acids is 1. The average molecular weight is 443 g/mol. The van der Waals surface area contributed by atoms with Crippen LogP contribution in [0.2, 0.25) is 0 Å². The molecule has 0 heterocycles. The predicted molar refractivity (Wildman–Crippen MR) is 129 cm³/mol. The molecule has 2 saturated carbocycles. The van der Waals surface area contributed by atoms with Gasteiger partial charge in [0.05, 0.1) is 5.48 Å². The zero-order valence-corrected chi connectivity index (χ0v) is 18.1. The van der Waals surface area contributed by atoms with Gasteiger partial charge in [0, 0.05) is 49.7 Å². The molecule has 1 N–H and O–H groups in total. The Bertz CT molecular complexity index is 1530. The van der Waals surface area contributed by atoms with Crippen molar-refractivity contribution in [2.24, 2.45) is 17.3 Å². The van der Waals surface area contributed by atoms with Gasteiger partial charge in [-0.05, 0) is 92.1 Å². The average Bonchev–Trinajstić information content (AvgIpc) is 3.17. The fraction of sp³-hybridized carbons (Fsp3) is 0.552. The van der Waals surface area contributed by atoms with E-state index in [4.69, 9.17) is 17.8 Å². The van der Waals surface area contributed by atoms with E-state index in [1.54, 1.807) is 6.08 Å². The number of ketones is 1. The third-order valence-corrected chi connectivity index (χ3v) is 8.36. The topological polar surface area (TPSA) is 40.5 Å². The second kappa shape index (κ2) is 7.63. The molecule has 0 spiro atoms. The van der Waals surface area contributed by atoms with E-state index in [0.29, 0.717) is 25.7 Å². The van der Waals surface area contributed by atoms with Crippen LogP contribution in [0.4, 0.5) is 5.69 Å². The molecular formula is C29H35NO2. The Morgan fingerprint density at radius 3 is 2.75 bits per heavy atom. The van der Waals surface area contributed by atoms with E-state index in [9.17, 15) is 9.90 Å². The Hall–Kier alpha value is -2.31. The molecule has 32 heavy (non-hydrogen) atoms. The normalized spacial score (nSPS) is 42.9. The van der Waals surface area contributed by atoms with Crippen LogP contribution in [0.3, 0.4) is 0 Å². The summed E-state index contributed by atoms with van der Waals surface area (Å²) in [5.41, 5.74) is -1.06. The van der Waals surface area contributed by atoms with Gasteiger partial charge >= 0.3 is 0 Å². The number of allylic oxidation sites excluding steroid dienone is 4. The van der Waals surface area contributed by atoms with Gasteiger partial charge in [-0.2, -0.15) is 0 Å². The van der Waals surface area contributed by atoms with E-state index < -0.39 is 67.6 Å². The zero-order valence-electron chi connectivity index (χ0n) is 31.1. The first-order chi connectivity index (χ1) is 20.5. The number of rotatable bonds is 2. The van der Waals surface area contributed by atoms with Crippen LogP contribution in [0, 0.1) is 29.1 Å². The van der Waals surface area contributed by atoms with Crippen LogP contribution >= 0.6 is 0 Å². The van der Waals surface area contributed by atoms with Crippen molar-refractivity contribution in [1.82, 2.24) is 0 Å². The molecule has 4 aliphatic carbocycles. The third-order valence-electron chi connectivity index (χ3n) is 8.36. The van der Waals surface area contributed by atoms with Crippen molar-refractivity contribution < 1.29 is 27.7 Å². The standard InChI is InChI=1S/C29H35NO2/c1-5-15-29(32)16-14-26-24-12-8-20-17-22(31)11-13-23(20)27(24)25(18-28(26,29)2)19-6-9-21(10-7-19)30(3)4/h6-7,9-10,17,24-26,32H,8,11-14,16,18H2,1-4H3/t24-,25+,26-,28-,29-/m0/s1/i1D3,3D3,4D3,6D,7D,9D,10D. The monoisotopic (exact) mass is 442 g/mol. The van der Waals surface area contributed by atoms with Gasteiger partial charge in [0.15, 0.2) is 5.78 Å². The fourth-order valence-corrected chi connectivity index (χ4v) is 6.83. The number of fused-ring (bicyclic) bond motifs is 4. The maximum atomic E-state index is 12.4. The Kier molecular flexibility index (Phi) is 2.67. The molecule has 0 bridgehead atoms. The lowest BCUT2D eigenvalue weighted by molar-refractivity contribution is -0.114. The van der Waals surface area contributed by atoms with Gasteiger partial charge in [0.25, 0.3) is 0 Å². The van der Waals surface area contributed by atoms with Crippen molar-refractivity contribution in [3.63, 3.8) is 0 Å². The van der Waals surface area contributed by atoms with Crippen molar-refractivity contribution in [1.29, 1.82) is 0 Å². The molecule has 3 nitrogen and oxygen atoms in total. The Balaban J connectivity index is 1.79. The summed E-state index contributed by atoms with van der Waals surface area (Å²) >= 11 is 0. The number of benzene rings is 1. The van der Waals surface area contributed by atoms with Gasteiger partial charge < -0.3 is 10.0 Å². The Morgan fingerprint density at radius 2 is 2.00 bits per heavy atom. The SMILES string of the molecule is [2H]c1c([2H])c(N(C([2H])([2H])[2H])C([2H])([2H])[2H])c([2H])c([2H])c1[C@H]1C[C@@]2(C)[C@@H](CC[C@@]2(O)C#CC([2H])([2H])[2H])[C@@H]2CCC3=CC(=O)CCC3=C21. The first-order valence-electron chi connectivity index (χ1n) is 17.7. The van der Waals surface area contributed by atoms with E-state index in [1.807, 2.05) is 6.92 Å². The van der Waals surface area contributed by atoms with Crippen LogP contribution in [-0.4, -0.2) is 30.4 Å². The molecule has 2 fully saturated rings. The molecule has 4 aliphatic rings. The summed E-state index contributed by atoms with van der Waals surface area (Å²) in [5.74, 6) is 3.68. The maximum absolute atomic E-state index is 12.4. The largest absolute Gasteiger partial charge is 0.378 e. The Labute approximate surface area is 210 Å². The van der Waals surface area contributed by atoms with Crippen LogP contribution in [0.1, 0.15) is 88.0 Å². The molecule has 0 aliphatic heterocycles. The number of hydrogen-bond donors (Lipinski definition) is 1. The minimum Gasteiger partial charge on any atom is -0.378 e. The van der Waals surface area contributed by atoms with Crippen LogP contribution in [0.25, 0.3) is 0 Å². The maximum Gasteiger partial charge on any atom is 0.156 e. The first-order valence-corrected chi connectivity index (χ1v) is 11.2. The van der Waals surface area contributed by atoms with Crippen molar-refractivity contribution in [3.8, 4) is 11.8 Å². The van der Waals surface area contributed by atoms with Gasteiger partial charge in [-0.25, -0.2) is 0 Å². The highest BCUT2D eigenvalue weighted by Gasteiger charge is 2.62. The first kappa shape index (κ1) is 11.2. The van der Waals surface area contributed by atoms with Crippen molar-refractivity contribution in [3.05, 3.63) is 52.5 Å². The van der Waals surface area contributed by atoms with Gasteiger partial charge in [0.2, 0.25) is 0 Å². The number of hydrogen-bond acceptors (Lipinski definition) is 3. The van der Waals surface area contributed by atoms with Gasteiger partial charge in [-0.15, -0.1) is 5.92 Å². The van der Waals surface area contributed by atoms with E-state index >= 15 is 0 Å². The smallest absolute Gasteiger partial charge is 0.156 e. The lowest BCUT2D eigenvalue weighted by Crippen LogP contribution is -2.51. The molecule has 0 amide bonds. The van der Waals surface area contributed by atoms with E-state index in [-0.39, 0.29) is 47.3 Å². The molecule has 0 saturated heterocycles. The summed E-state index contributed by atoms with van der Waals surface area (Å²) < 4.78 is 105. The number of aliphatic hydroxyl groups is 1. The summed E-state index contributed by atoms with van der Waals surface area (Å²) in [7, 11) is 0. The molecular weight excluding hydrogens is 394 g/mol. The minimum atomic E-state index is -3.31. The molecule has 5 atom stereocenters. The lowest BCUT2D eigenvalue weighted by Gasteiger charge is -2.53. The quantitative estimate of drug-likeness (QED) is 0.623. The van der Waals surface area contributed by atoms with Crippen LogP contribution in [-0.2, 0) is 4.79 Å². The number of nitrogens with zero attached hydrogens (tertiary/aromatic N) is 1. The van der Waals surface area contributed by atoms with Crippen LogP contribution in [0.15, 0.2) is 47.0 Å². The molecule has 1 aromatic carbocycles. The van der Waals surface area contributed by atoms with Gasteiger partial charge in [-0.1, -0.05) is 30.5 Å². The zero-order chi connectivity index (χ0) is 33.7. The van der Waals surface area contributed by atoms with E-state index in [2.05, 4.69) is 11.8 Å². The summed E-state index contributed by atoms with van der Waals surface area (Å²) in [6.45, 7) is -7.41. The summed E-state index contributed by atoms with van der Waals surface area (Å²) in [4.78, 5) is 12.3. The minimum absolute atomic E-state index is 0.0109. The predicted octanol–water partition coefficient (Wildman–Crippen LogP) is 5.41. The van der Waals surface area contributed by atoms with Crippen LogP contribution < -0.4 is 4.90 Å². The van der Waals surface area contributed by atoms with Crippen LogP contribution in [0.5, 0.6) is 0 Å². The molecule has 5 rings (SSSR count). The van der Waals surface area contributed by atoms with Gasteiger partial charge in [0.1, 0.15) is 5.60 Å². The van der Waals surface area contributed by atoms with E-state index in [1.165, 1.54) is 0 Å². The molecule has 0 aromatic heterocycles. The highest BCUT2D eigenvalue weighted by atomic mass is 16.3. The highest BCUT2D eigenvalue weighted by molar-refractivity contribution is 5.93.